The highest BCUT2D eigenvalue weighted by molar-refractivity contribution is 7.87. The molecule has 4 N–H and O–H groups in total. The smallest absolute Gasteiger partial charge is 0.317 e. The van der Waals surface area contributed by atoms with Crippen molar-refractivity contribution in [2.75, 3.05) is 6.61 Å². The fraction of sp³-hybridized carbons (Fsp3) is 0.438. The van der Waals surface area contributed by atoms with Gasteiger partial charge >= 0.3 is 10.2 Å². The predicted octanol–water partition coefficient (Wildman–Crippen LogP) is 0.386. The van der Waals surface area contributed by atoms with Crippen LogP contribution in [0.4, 0.5) is 8.78 Å². The molecular formula is C16H19F2N5O3S. The van der Waals surface area contributed by atoms with Gasteiger partial charge in [-0.2, -0.15) is 17.6 Å². The van der Waals surface area contributed by atoms with Crippen molar-refractivity contribution in [3.63, 3.8) is 0 Å². The third-order valence-electron chi connectivity index (χ3n) is 5.03. The van der Waals surface area contributed by atoms with Crippen LogP contribution in [0.5, 0.6) is 0 Å². The highest BCUT2D eigenvalue weighted by Crippen LogP contribution is 2.34. The zero-order valence-electron chi connectivity index (χ0n) is 14.3. The molecule has 146 valence electrons. The summed E-state index contributed by atoms with van der Waals surface area (Å²) in [5.74, 6) is -1.09. The molecule has 0 amide bonds. The topological polar surface area (TPSA) is 116 Å². The number of nitrogens with two attached hydrogens (primary N) is 2. The molecule has 0 spiro atoms. The molecule has 0 aliphatic carbocycles. The summed E-state index contributed by atoms with van der Waals surface area (Å²) in [6.07, 6.45) is 1.22. The summed E-state index contributed by atoms with van der Waals surface area (Å²) in [4.78, 5) is 2.07. The molecule has 4 rings (SSSR count). The maximum absolute atomic E-state index is 14.0. The summed E-state index contributed by atoms with van der Waals surface area (Å²) in [6, 6.07) is 2.69. The van der Waals surface area contributed by atoms with Crippen molar-refractivity contribution < 1.29 is 21.9 Å². The second kappa shape index (κ2) is 6.60. The molecular weight excluding hydrogens is 380 g/mol. The highest BCUT2D eigenvalue weighted by Gasteiger charge is 2.37. The number of rotatable bonds is 3. The van der Waals surface area contributed by atoms with E-state index in [1.807, 2.05) is 0 Å². The van der Waals surface area contributed by atoms with E-state index in [0.717, 1.165) is 27.8 Å². The molecule has 1 aromatic heterocycles. The lowest BCUT2D eigenvalue weighted by molar-refractivity contribution is -0.0533. The van der Waals surface area contributed by atoms with Crippen molar-refractivity contribution in [3.05, 3.63) is 52.9 Å². The second-order valence-corrected chi connectivity index (χ2v) is 8.30. The maximum Gasteiger partial charge on any atom is 0.317 e. The van der Waals surface area contributed by atoms with E-state index in [1.165, 1.54) is 6.20 Å². The van der Waals surface area contributed by atoms with Gasteiger partial charge in [-0.05, 0) is 24.6 Å². The number of nitrogens with zero attached hydrogens (tertiary/aromatic N) is 3. The third kappa shape index (κ3) is 3.48. The van der Waals surface area contributed by atoms with Gasteiger partial charge in [0.2, 0.25) is 0 Å². The average Bonchev–Trinajstić information content (AvgIpc) is 3.16. The predicted molar refractivity (Wildman–Crippen MR) is 91.4 cm³/mol. The first-order valence-corrected chi connectivity index (χ1v) is 9.89. The van der Waals surface area contributed by atoms with Crippen LogP contribution in [0.1, 0.15) is 29.3 Å². The molecule has 11 heteroatoms. The number of ether oxygens (including phenoxy) is 1. The molecule has 0 radical (unpaired) electrons. The summed E-state index contributed by atoms with van der Waals surface area (Å²) in [6.45, 7) is 1.23. The molecule has 3 unspecified atom stereocenters. The number of hydrogen-bond acceptors (Lipinski definition) is 6. The van der Waals surface area contributed by atoms with E-state index in [4.69, 9.17) is 15.6 Å². The van der Waals surface area contributed by atoms with Crippen molar-refractivity contribution in [2.24, 2.45) is 10.9 Å². The minimum atomic E-state index is -3.90. The van der Waals surface area contributed by atoms with Gasteiger partial charge in [-0.1, -0.05) is 0 Å². The molecule has 2 aromatic rings. The molecule has 8 nitrogen and oxygen atoms in total. The standard InChI is InChI=1S/C16H19F2N5O3S/c17-10-1-2-13(18)12(3-10)16-14(19)4-11(8-26-16)22-5-9-6-23(27(20,24)25)21-15(9)7-22/h1-3,6,11,14,16H,4-5,7-8,19H2,(H2,20,24,25). The van der Waals surface area contributed by atoms with Crippen LogP contribution in [0.3, 0.4) is 0 Å². The van der Waals surface area contributed by atoms with Crippen molar-refractivity contribution in [2.45, 2.75) is 37.7 Å². The molecule has 2 aliphatic heterocycles. The van der Waals surface area contributed by atoms with E-state index in [9.17, 15) is 17.2 Å². The zero-order chi connectivity index (χ0) is 19.3. The average molecular weight is 399 g/mol. The number of fused-ring (bicyclic) bond motifs is 1. The molecule has 2 aliphatic rings. The van der Waals surface area contributed by atoms with E-state index in [2.05, 4.69) is 10.00 Å². The number of halogens is 2. The van der Waals surface area contributed by atoms with Crippen LogP contribution >= 0.6 is 0 Å². The number of aromatic nitrogens is 2. The summed E-state index contributed by atoms with van der Waals surface area (Å²) in [7, 11) is -3.90. The van der Waals surface area contributed by atoms with Crippen LogP contribution in [0.2, 0.25) is 0 Å². The Balaban J connectivity index is 1.44. The van der Waals surface area contributed by atoms with Gasteiger partial charge in [0.05, 0.1) is 12.3 Å². The molecule has 3 atom stereocenters. The number of hydrogen-bond donors (Lipinski definition) is 2. The van der Waals surface area contributed by atoms with E-state index < -0.39 is 34.0 Å². The Morgan fingerprint density at radius 2 is 2.04 bits per heavy atom. The fourth-order valence-corrected chi connectivity index (χ4v) is 4.18. The van der Waals surface area contributed by atoms with E-state index in [1.54, 1.807) is 0 Å². The Labute approximate surface area is 154 Å². The SMILES string of the molecule is NC1CC(N2Cc3cn(S(N)(=O)=O)nc3C2)COC1c1cc(F)ccc1F. The lowest BCUT2D eigenvalue weighted by atomic mass is 9.93. The van der Waals surface area contributed by atoms with Gasteiger partial charge in [-0.25, -0.2) is 13.9 Å². The first-order chi connectivity index (χ1) is 12.7. The van der Waals surface area contributed by atoms with Crippen LogP contribution in [0.25, 0.3) is 0 Å². The van der Waals surface area contributed by atoms with Crippen LogP contribution in [-0.2, 0) is 28.0 Å². The van der Waals surface area contributed by atoms with Gasteiger partial charge in [-0.15, -0.1) is 0 Å². The third-order valence-corrected chi connectivity index (χ3v) is 5.73. The van der Waals surface area contributed by atoms with Crippen molar-refractivity contribution in [3.8, 4) is 0 Å². The molecule has 3 heterocycles. The highest BCUT2D eigenvalue weighted by atomic mass is 32.2. The van der Waals surface area contributed by atoms with Crippen LogP contribution in [-0.4, -0.2) is 41.2 Å². The molecule has 1 saturated heterocycles. The van der Waals surface area contributed by atoms with Crippen LogP contribution < -0.4 is 10.9 Å². The van der Waals surface area contributed by atoms with Crippen molar-refractivity contribution in [1.82, 2.24) is 14.1 Å². The van der Waals surface area contributed by atoms with E-state index in [-0.39, 0.29) is 11.6 Å². The molecule has 0 bridgehead atoms. The van der Waals surface area contributed by atoms with Crippen molar-refractivity contribution >= 4 is 10.2 Å². The van der Waals surface area contributed by atoms with Gasteiger partial charge < -0.3 is 10.5 Å². The Morgan fingerprint density at radius 1 is 1.26 bits per heavy atom. The molecule has 27 heavy (non-hydrogen) atoms. The first kappa shape index (κ1) is 18.4. The van der Waals surface area contributed by atoms with Crippen LogP contribution in [0.15, 0.2) is 24.4 Å². The Bertz CT molecular complexity index is 957. The fourth-order valence-electron chi connectivity index (χ4n) is 3.69. The van der Waals surface area contributed by atoms with Gasteiger partial charge in [0.15, 0.2) is 0 Å². The maximum atomic E-state index is 14.0. The summed E-state index contributed by atoms with van der Waals surface area (Å²) < 4.78 is 56.7. The first-order valence-electron chi connectivity index (χ1n) is 8.39. The Morgan fingerprint density at radius 3 is 2.70 bits per heavy atom. The van der Waals surface area contributed by atoms with Crippen molar-refractivity contribution in [1.29, 1.82) is 0 Å². The number of benzene rings is 1. The van der Waals surface area contributed by atoms with Gasteiger partial charge in [0, 0.05) is 42.5 Å². The Kier molecular flexibility index (Phi) is 4.51. The van der Waals surface area contributed by atoms with Crippen LogP contribution in [0, 0.1) is 11.6 Å². The van der Waals surface area contributed by atoms with Gasteiger partial charge in [0.25, 0.3) is 0 Å². The second-order valence-electron chi connectivity index (χ2n) is 6.90. The van der Waals surface area contributed by atoms with Gasteiger partial charge in [-0.3, -0.25) is 4.90 Å². The lowest BCUT2D eigenvalue weighted by Crippen LogP contribution is -2.47. The monoisotopic (exact) mass is 399 g/mol. The van der Waals surface area contributed by atoms with E-state index >= 15 is 0 Å². The summed E-state index contributed by atoms with van der Waals surface area (Å²) >= 11 is 0. The minimum absolute atomic E-state index is 0.0370. The molecule has 1 fully saturated rings. The zero-order valence-corrected chi connectivity index (χ0v) is 15.1. The lowest BCUT2D eigenvalue weighted by Gasteiger charge is -2.38. The van der Waals surface area contributed by atoms with Gasteiger partial charge in [0.1, 0.15) is 17.7 Å². The largest absolute Gasteiger partial charge is 0.370 e. The summed E-state index contributed by atoms with van der Waals surface area (Å²) in [5.41, 5.74) is 7.72. The summed E-state index contributed by atoms with van der Waals surface area (Å²) in [5, 5.41) is 9.08. The quantitative estimate of drug-likeness (QED) is 0.771. The molecule has 1 aromatic carbocycles. The normalized spacial score (nSPS) is 26.3. The molecule has 0 saturated carbocycles. The van der Waals surface area contributed by atoms with E-state index in [0.29, 0.717) is 31.8 Å². The Hall–Kier alpha value is -1.92. The minimum Gasteiger partial charge on any atom is -0.370 e.